The minimum Gasteiger partial charge on any atom is -0.351 e. The van der Waals surface area contributed by atoms with Gasteiger partial charge in [0, 0.05) is 24.7 Å². The zero-order valence-electron chi connectivity index (χ0n) is 18.2. The molecule has 0 bridgehead atoms. The van der Waals surface area contributed by atoms with Gasteiger partial charge < -0.3 is 10.3 Å². The van der Waals surface area contributed by atoms with Crippen LogP contribution in [0.4, 0.5) is 4.39 Å². The second kappa shape index (κ2) is 9.00. The first-order chi connectivity index (χ1) is 14.9. The maximum atomic E-state index is 13.4. The summed E-state index contributed by atoms with van der Waals surface area (Å²) in [5.74, 6) is 1.97. The van der Waals surface area contributed by atoms with E-state index in [1.165, 1.54) is 17.7 Å². The summed E-state index contributed by atoms with van der Waals surface area (Å²) in [7, 11) is 0. The van der Waals surface area contributed by atoms with Crippen LogP contribution in [0, 0.1) is 29.5 Å². The van der Waals surface area contributed by atoms with Gasteiger partial charge in [0.1, 0.15) is 11.6 Å². The molecule has 4 rings (SSSR count). The number of nitrogens with zero attached hydrogens (tertiary/aromatic N) is 2. The first kappa shape index (κ1) is 21.2. The quantitative estimate of drug-likeness (QED) is 0.556. The fraction of sp³-hybridized carbons (Fsp3) is 0.400. The Balaban J connectivity index is 1.46. The number of imidazole rings is 1. The number of halogens is 1. The Morgan fingerprint density at radius 2 is 2.16 bits per heavy atom. The molecule has 2 N–H and O–H groups in total. The number of aromatic nitrogens is 3. The number of allylic oxidation sites excluding steroid dienone is 1. The lowest BCUT2D eigenvalue weighted by atomic mass is 9.69. The molecule has 0 unspecified atom stereocenters. The maximum absolute atomic E-state index is 13.4. The van der Waals surface area contributed by atoms with Crippen molar-refractivity contribution in [2.24, 2.45) is 23.7 Å². The van der Waals surface area contributed by atoms with Crippen LogP contribution >= 0.6 is 0 Å². The van der Waals surface area contributed by atoms with Gasteiger partial charge in [-0.15, -0.1) is 0 Å². The van der Waals surface area contributed by atoms with E-state index in [9.17, 15) is 9.18 Å². The van der Waals surface area contributed by atoms with Gasteiger partial charge in [0.05, 0.1) is 17.2 Å². The third-order valence-corrected chi connectivity index (χ3v) is 6.44. The molecular formula is C25H29FN4O. The first-order valence-corrected chi connectivity index (χ1v) is 10.9. The molecule has 0 spiro atoms. The number of rotatable bonds is 6. The molecule has 1 aliphatic rings. The van der Waals surface area contributed by atoms with E-state index in [1.54, 1.807) is 18.3 Å². The molecule has 1 aromatic carbocycles. The van der Waals surface area contributed by atoms with Crippen LogP contribution in [-0.2, 0) is 6.42 Å². The van der Waals surface area contributed by atoms with Crippen molar-refractivity contribution in [1.29, 1.82) is 0 Å². The summed E-state index contributed by atoms with van der Waals surface area (Å²) in [5, 5.41) is 3.01. The molecule has 2 aromatic heterocycles. The second-order valence-corrected chi connectivity index (χ2v) is 8.92. The van der Waals surface area contributed by atoms with Crippen molar-refractivity contribution in [3.05, 3.63) is 71.6 Å². The van der Waals surface area contributed by atoms with Crippen LogP contribution in [0.1, 0.15) is 43.4 Å². The topological polar surface area (TPSA) is 70.7 Å². The number of nitrogens with one attached hydrogen (secondary N) is 2. The lowest BCUT2D eigenvalue weighted by Crippen LogP contribution is -2.37. The Hall–Kier alpha value is -3.02. The van der Waals surface area contributed by atoms with E-state index >= 15 is 0 Å². The van der Waals surface area contributed by atoms with Crippen LogP contribution in [0.2, 0.25) is 0 Å². The standard InChI is InChI=1S/C25H29FN4O/c1-15(2)21-11-18(12-24-29-22-7-8-27-14-23(22)30-24)16(3)9-19(21)13-28-25(31)17-5-4-6-20(26)10-17/h4-10,14-15,18-19,21H,11-13H2,1-3H3,(H,28,31)(H,29,30)/t18-,19-,21-/m0/s1. The van der Waals surface area contributed by atoms with Gasteiger partial charge in [0.2, 0.25) is 0 Å². The second-order valence-electron chi connectivity index (χ2n) is 8.92. The molecule has 2 heterocycles. The molecule has 0 fully saturated rings. The van der Waals surface area contributed by atoms with Crippen molar-refractivity contribution in [1.82, 2.24) is 20.3 Å². The number of amides is 1. The van der Waals surface area contributed by atoms with Crippen LogP contribution in [-0.4, -0.2) is 27.4 Å². The molecule has 31 heavy (non-hydrogen) atoms. The van der Waals surface area contributed by atoms with Crippen LogP contribution in [0.3, 0.4) is 0 Å². The maximum Gasteiger partial charge on any atom is 0.251 e. The molecule has 0 saturated carbocycles. The zero-order chi connectivity index (χ0) is 22.0. The Morgan fingerprint density at radius 3 is 2.90 bits per heavy atom. The Morgan fingerprint density at radius 1 is 1.32 bits per heavy atom. The highest BCUT2D eigenvalue weighted by atomic mass is 19.1. The summed E-state index contributed by atoms with van der Waals surface area (Å²) in [6.07, 6.45) is 7.80. The predicted octanol–water partition coefficient (Wildman–Crippen LogP) is 4.92. The van der Waals surface area contributed by atoms with Gasteiger partial charge in [-0.2, -0.15) is 0 Å². The number of carbonyl (C=O) groups excluding carboxylic acids is 1. The van der Waals surface area contributed by atoms with Crippen molar-refractivity contribution < 1.29 is 9.18 Å². The van der Waals surface area contributed by atoms with Crippen LogP contribution in [0.15, 0.2) is 54.4 Å². The Kier molecular flexibility index (Phi) is 6.16. The Labute approximate surface area is 182 Å². The number of hydrogen-bond acceptors (Lipinski definition) is 3. The highest BCUT2D eigenvalue weighted by Crippen LogP contribution is 2.38. The number of pyridine rings is 1. The van der Waals surface area contributed by atoms with Gasteiger partial charge in [-0.1, -0.05) is 31.6 Å². The molecule has 0 saturated heterocycles. The van der Waals surface area contributed by atoms with Gasteiger partial charge in [-0.25, -0.2) is 9.37 Å². The number of fused-ring (bicyclic) bond motifs is 1. The predicted molar refractivity (Wildman–Crippen MR) is 120 cm³/mol. The zero-order valence-corrected chi connectivity index (χ0v) is 18.2. The monoisotopic (exact) mass is 420 g/mol. The number of H-pyrrole nitrogens is 1. The van der Waals surface area contributed by atoms with Crippen LogP contribution < -0.4 is 5.32 Å². The van der Waals surface area contributed by atoms with E-state index in [4.69, 9.17) is 4.98 Å². The van der Waals surface area contributed by atoms with Crippen LogP contribution in [0.25, 0.3) is 11.0 Å². The first-order valence-electron chi connectivity index (χ1n) is 10.9. The third-order valence-electron chi connectivity index (χ3n) is 6.44. The molecule has 1 amide bonds. The minimum atomic E-state index is -0.398. The SMILES string of the molecule is CC1=C[C@@H](CNC(=O)c2cccc(F)c2)[C@H](C(C)C)C[C@H]1Cc1nc2ccncc2[nH]1. The average Bonchev–Trinajstić information content (AvgIpc) is 3.15. The molecule has 162 valence electrons. The molecule has 0 aliphatic heterocycles. The van der Waals surface area contributed by atoms with Crippen molar-refractivity contribution in [2.75, 3.05) is 6.54 Å². The lowest BCUT2D eigenvalue weighted by molar-refractivity contribution is 0.0938. The molecule has 6 heteroatoms. The highest BCUT2D eigenvalue weighted by molar-refractivity contribution is 5.94. The summed E-state index contributed by atoms with van der Waals surface area (Å²) >= 11 is 0. The van der Waals surface area contributed by atoms with E-state index in [0.29, 0.717) is 29.9 Å². The number of carbonyl (C=O) groups is 1. The largest absolute Gasteiger partial charge is 0.351 e. The van der Waals surface area contributed by atoms with Crippen LogP contribution in [0.5, 0.6) is 0 Å². The summed E-state index contributed by atoms with van der Waals surface area (Å²) in [5.41, 5.74) is 3.60. The lowest BCUT2D eigenvalue weighted by Gasteiger charge is -2.37. The van der Waals surface area contributed by atoms with E-state index < -0.39 is 5.82 Å². The normalized spacial score (nSPS) is 21.3. The van der Waals surface area contributed by atoms with E-state index in [2.05, 4.69) is 42.1 Å². The van der Waals surface area contributed by atoms with Crippen molar-refractivity contribution in [3.63, 3.8) is 0 Å². The number of hydrogen-bond donors (Lipinski definition) is 2. The number of benzene rings is 1. The molecule has 5 nitrogen and oxygen atoms in total. The molecule has 0 radical (unpaired) electrons. The van der Waals surface area contributed by atoms with Crippen molar-refractivity contribution in [2.45, 2.75) is 33.6 Å². The fourth-order valence-electron chi connectivity index (χ4n) is 4.69. The third kappa shape index (κ3) is 4.84. The molecular weight excluding hydrogens is 391 g/mol. The summed E-state index contributed by atoms with van der Waals surface area (Å²) in [6.45, 7) is 7.21. The Bertz CT molecular complexity index is 1070. The fourth-order valence-corrected chi connectivity index (χ4v) is 4.69. The van der Waals surface area contributed by atoms with Gasteiger partial charge >= 0.3 is 0 Å². The van der Waals surface area contributed by atoms with Crippen molar-refractivity contribution >= 4 is 16.9 Å². The van der Waals surface area contributed by atoms with Crippen molar-refractivity contribution in [3.8, 4) is 0 Å². The van der Waals surface area contributed by atoms with Gasteiger partial charge in [-0.3, -0.25) is 9.78 Å². The minimum absolute atomic E-state index is 0.230. The summed E-state index contributed by atoms with van der Waals surface area (Å²) in [4.78, 5) is 24.7. The van der Waals surface area contributed by atoms with E-state index in [-0.39, 0.29) is 11.8 Å². The average molecular weight is 421 g/mol. The molecule has 3 aromatic rings. The number of aromatic amines is 1. The smallest absolute Gasteiger partial charge is 0.251 e. The highest BCUT2D eigenvalue weighted by Gasteiger charge is 2.32. The molecule has 3 atom stereocenters. The van der Waals surface area contributed by atoms with E-state index in [0.717, 1.165) is 29.7 Å². The molecule has 1 aliphatic carbocycles. The van der Waals surface area contributed by atoms with Gasteiger partial charge in [0.25, 0.3) is 5.91 Å². The summed E-state index contributed by atoms with van der Waals surface area (Å²) < 4.78 is 13.4. The van der Waals surface area contributed by atoms with E-state index in [1.807, 2.05) is 12.3 Å². The van der Waals surface area contributed by atoms with Gasteiger partial charge in [0.15, 0.2) is 0 Å². The van der Waals surface area contributed by atoms with Gasteiger partial charge in [-0.05, 0) is 61.3 Å². The summed E-state index contributed by atoms with van der Waals surface area (Å²) in [6, 6.07) is 7.74.